The van der Waals surface area contributed by atoms with E-state index in [1.54, 1.807) is 24.3 Å². The van der Waals surface area contributed by atoms with E-state index in [1.807, 2.05) is 27.7 Å². The molecular weight excluding hydrogens is 365 g/mol. The average Bonchev–Trinajstić information content (AvgIpc) is 2.95. The van der Waals surface area contributed by atoms with Crippen molar-refractivity contribution in [3.8, 4) is 0 Å². The molecule has 1 N–H and O–H groups in total. The van der Waals surface area contributed by atoms with E-state index in [1.165, 1.54) is 4.90 Å². The van der Waals surface area contributed by atoms with Crippen LogP contribution in [0.4, 0.5) is 13.2 Å². The fourth-order valence-corrected chi connectivity index (χ4v) is 4.19. The number of hydrogen-bond acceptors (Lipinski definition) is 4. The Morgan fingerprint density at radius 1 is 1.27 bits per heavy atom. The Balaban J connectivity index is 1.95. The van der Waals surface area contributed by atoms with Crippen LogP contribution in [0.1, 0.15) is 39.1 Å². The molecule has 1 atom stereocenters. The van der Waals surface area contributed by atoms with Crippen molar-refractivity contribution in [1.29, 1.82) is 0 Å². The van der Waals surface area contributed by atoms with Gasteiger partial charge in [0.2, 0.25) is 11.5 Å². The highest BCUT2D eigenvalue weighted by molar-refractivity contribution is 7.18. The molecule has 0 saturated carbocycles. The van der Waals surface area contributed by atoms with Crippen LogP contribution in [0.3, 0.4) is 0 Å². The van der Waals surface area contributed by atoms with Gasteiger partial charge < -0.3 is 10.0 Å². The Hall–Kier alpha value is -1.67. The summed E-state index contributed by atoms with van der Waals surface area (Å²) in [5.41, 5.74) is -3.71. The van der Waals surface area contributed by atoms with Crippen LogP contribution in [0, 0.1) is 5.41 Å². The molecular formula is C18H21F3N2O2S. The first kappa shape index (κ1) is 19.1. The molecule has 142 valence electrons. The van der Waals surface area contributed by atoms with E-state index in [0.29, 0.717) is 16.8 Å². The van der Waals surface area contributed by atoms with Gasteiger partial charge in [0.05, 0.1) is 16.6 Å². The lowest BCUT2D eigenvalue weighted by molar-refractivity contribution is -0.270. The summed E-state index contributed by atoms with van der Waals surface area (Å²) < 4.78 is 41.8. The maximum absolute atomic E-state index is 13.8. The molecule has 0 bridgehead atoms. The third-order valence-corrected chi connectivity index (χ3v) is 6.90. The number of likely N-dealkylation sites (tertiary alicyclic amines) is 1. The molecule has 1 aliphatic rings. The molecule has 1 amide bonds. The molecule has 0 aliphatic carbocycles. The third-order valence-electron chi connectivity index (χ3n) is 5.71. The number of hydrogen-bond donors (Lipinski definition) is 1. The minimum atomic E-state index is -5.01. The lowest BCUT2D eigenvalue weighted by Crippen LogP contribution is -2.71. The summed E-state index contributed by atoms with van der Waals surface area (Å²) in [4.78, 5) is 18.0. The van der Waals surface area contributed by atoms with E-state index in [2.05, 4.69) is 4.98 Å². The van der Waals surface area contributed by atoms with Crippen molar-refractivity contribution < 1.29 is 23.1 Å². The van der Waals surface area contributed by atoms with Gasteiger partial charge in [0.25, 0.3) is 0 Å². The van der Waals surface area contributed by atoms with Crippen LogP contribution in [0.15, 0.2) is 24.3 Å². The van der Waals surface area contributed by atoms with E-state index in [0.717, 1.165) is 11.3 Å². The summed E-state index contributed by atoms with van der Waals surface area (Å²) in [6.07, 6.45) is -6.09. The minimum absolute atomic E-state index is 0.200. The van der Waals surface area contributed by atoms with Crippen LogP contribution in [-0.2, 0) is 10.4 Å². The van der Waals surface area contributed by atoms with Gasteiger partial charge in [-0.3, -0.25) is 4.79 Å². The molecule has 3 rings (SSSR count). The second-order valence-electron chi connectivity index (χ2n) is 7.94. The molecule has 26 heavy (non-hydrogen) atoms. The largest absolute Gasteiger partial charge is 0.424 e. The summed E-state index contributed by atoms with van der Waals surface area (Å²) in [5, 5.41) is 10.0. The molecule has 1 aliphatic heterocycles. The maximum Gasteiger partial charge on any atom is 0.424 e. The Morgan fingerprint density at radius 2 is 1.88 bits per heavy atom. The number of carbonyl (C=O) groups is 1. The molecule has 0 radical (unpaired) electrons. The number of nitrogens with zero attached hydrogens (tertiary/aromatic N) is 2. The first-order valence-corrected chi connectivity index (χ1v) is 9.07. The Kier molecular flexibility index (Phi) is 4.16. The van der Waals surface area contributed by atoms with Crippen LogP contribution in [0.5, 0.6) is 0 Å². The van der Waals surface area contributed by atoms with Crippen LogP contribution >= 0.6 is 11.3 Å². The SMILES string of the molecule is CC1(C)CN(C(=O)C[C@](O)(c2nc3ccccc3s2)C(F)(F)F)C1(C)C. The second-order valence-corrected chi connectivity index (χ2v) is 8.97. The van der Waals surface area contributed by atoms with Crippen molar-refractivity contribution in [2.45, 2.75) is 51.4 Å². The first-order chi connectivity index (χ1) is 11.8. The topological polar surface area (TPSA) is 53.4 Å². The zero-order valence-electron chi connectivity index (χ0n) is 15.0. The van der Waals surface area contributed by atoms with E-state index in [4.69, 9.17) is 0 Å². The standard InChI is InChI=1S/C18H21F3N2O2S/c1-15(2)10-23(16(15,3)4)13(24)9-17(25,18(19,20)21)14-22-11-7-5-6-8-12(11)26-14/h5-8,25H,9-10H2,1-4H3/t17-/m0/s1. The molecule has 4 nitrogen and oxygen atoms in total. The van der Waals surface area contributed by atoms with E-state index in [9.17, 15) is 23.1 Å². The average molecular weight is 386 g/mol. The number of alkyl halides is 3. The van der Waals surface area contributed by atoms with Gasteiger partial charge in [0.15, 0.2) is 0 Å². The van der Waals surface area contributed by atoms with E-state index in [-0.39, 0.29) is 5.41 Å². The van der Waals surface area contributed by atoms with Gasteiger partial charge >= 0.3 is 6.18 Å². The first-order valence-electron chi connectivity index (χ1n) is 8.25. The number of carbonyl (C=O) groups excluding carboxylic acids is 1. The van der Waals surface area contributed by atoms with Gasteiger partial charge in [-0.25, -0.2) is 4.98 Å². The summed E-state index contributed by atoms with van der Waals surface area (Å²) in [6.45, 7) is 7.91. The molecule has 1 saturated heterocycles. The summed E-state index contributed by atoms with van der Waals surface area (Å²) in [6, 6.07) is 6.56. The number of rotatable bonds is 3. The lowest BCUT2D eigenvalue weighted by Gasteiger charge is -2.61. The predicted molar refractivity (Wildman–Crippen MR) is 93.8 cm³/mol. The quantitative estimate of drug-likeness (QED) is 0.865. The highest BCUT2D eigenvalue weighted by atomic mass is 32.1. The highest BCUT2D eigenvalue weighted by Crippen LogP contribution is 2.49. The molecule has 8 heteroatoms. The van der Waals surface area contributed by atoms with Gasteiger partial charge in [-0.15, -0.1) is 11.3 Å². The fraction of sp³-hybridized carbons (Fsp3) is 0.556. The van der Waals surface area contributed by atoms with Crippen LogP contribution in [0.25, 0.3) is 10.2 Å². The monoisotopic (exact) mass is 386 g/mol. The lowest BCUT2D eigenvalue weighted by atomic mass is 9.65. The number of para-hydroxylation sites is 1. The van der Waals surface area contributed by atoms with Crippen molar-refractivity contribution in [2.24, 2.45) is 5.41 Å². The van der Waals surface area contributed by atoms with Crippen molar-refractivity contribution in [3.05, 3.63) is 29.3 Å². The third kappa shape index (κ3) is 2.70. The van der Waals surface area contributed by atoms with E-state index < -0.39 is 34.7 Å². The number of fused-ring (bicyclic) bond motifs is 1. The summed E-state index contributed by atoms with van der Waals surface area (Å²) in [5.74, 6) is -0.728. The fourth-order valence-electron chi connectivity index (χ4n) is 3.12. The van der Waals surface area contributed by atoms with Crippen LogP contribution in [-0.4, -0.2) is 39.2 Å². The maximum atomic E-state index is 13.8. The number of thiazole rings is 1. The second kappa shape index (κ2) is 5.66. The molecule has 2 aromatic rings. The number of benzene rings is 1. The van der Waals surface area contributed by atoms with E-state index >= 15 is 0 Å². The molecule has 0 spiro atoms. The summed E-state index contributed by atoms with van der Waals surface area (Å²) in [7, 11) is 0. The number of aromatic nitrogens is 1. The smallest absolute Gasteiger partial charge is 0.374 e. The Morgan fingerprint density at radius 3 is 2.38 bits per heavy atom. The normalized spacial score (nSPS) is 21.3. The van der Waals surface area contributed by atoms with Crippen LogP contribution in [0.2, 0.25) is 0 Å². The van der Waals surface area contributed by atoms with Crippen molar-refractivity contribution in [1.82, 2.24) is 9.88 Å². The predicted octanol–water partition coefficient (Wildman–Crippen LogP) is 4.08. The molecule has 1 aromatic heterocycles. The molecule has 1 fully saturated rings. The Bertz CT molecular complexity index is 826. The van der Waals surface area contributed by atoms with Gasteiger partial charge in [0.1, 0.15) is 5.01 Å². The van der Waals surface area contributed by atoms with Crippen LogP contribution < -0.4 is 0 Å². The molecule has 1 aromatic carbocycles. The zero-order chi connectivity index (χ0) is 19.5. The molecule has 0 unspecified atom stereocenters. The van der Waals surface area contributed by atoms with Gasteiger partial charge in [0, 0.05) is 17.5 Å². The van der Waals surface area contributed by atoms with Crippen molar-refractivity contribution in [3.63, 3.8) is 0 Å². The van der Waals surface area contributed by atoms with Crippen molar-refractivity contribution in [2.75, 3.05) is 6.54 Å². The Labute approximate surface area is 153 Å². The summed E-state index contributed by atoms with van der Waals surface area (Å²) >= 11 is 0.758. The van der Waals surface area contributed by atoms with Crippen molar-refractivity contribution >= 4 is 27.5 Å². The number of halogens is 3. The van der Waals surface area contributed by atoms with Gasteiger partial charge in [-0.1, -0.05) is 26.0 Å². The number of amides is 1. The molecule has 2 heterocycles. The van der Waals surface area contributed by atoms with Gasteiger partial charge in [-0.05, 0) is 26.0 Å². The number of aliphatic hydroxyl groups is 1. The zero-order valence-corrected chi connectivity index (χ0v) is 15.8. The highest BCUT2D eigenvalue weighted by Gasteiger charge is 2.61. The minimum Gasteiger partial charge on any atom is -0.374 e. The van der Waals surface area contributed by atoms with Gasteiger partial charge in [-0.2, -0.15) is 13.2 Å².